The Hall–Kier alpha value is -1.91. The van der Waals surface area contributed by atoms with E-state index >= 15 is 0 Å². The van der Waals surface area contributed by atoms with Crippen molar-refractivity contribution in [2.75, 3.05) is 37.7 Å². The molecule has 3 heterocycles. The van der Waals surface area contributed by atoms with Crippen molar-refractivity contribution in [1.29, 1.82) is 0 Å². The van der Waals surface area contributed by atoms with Gasteiger partial charge in [-0.25, -0.2) is 0 Å². The van der Waals surface area contributed by atoms with Gasteiger partial charge in [0.25, 0.3) is 0 Å². The Morgan fingerprint density at radius 3 is 2.64 bits per heavy atom. The van der Waals surface area contributed by atoms with E-state index in [0.717, 1.165) is 38.4 Å². The fourth-order valence-electron chi connectivity index (χ4n) is 4.54. The average Bonchev–Trinajstić information content (AvgIpc) is 2.92. The zero-order valence-electron chi connectivity index (χ0n) is 15.0. The molecule has 1 fully saturated rings. The average molecular weight is 337 g/mol. The fraction of sp³-hybridized carbons (Fsp3) is 0.476. The third-order valence-corrected chi connectivity index (χ3v) is 5.82. The van der Waals surface area contributed by atoms with Crippen molar-refractivity contribution in [2.24, 2.45) is 0 Å². The minimum Gasteiger partial charge on any atom is -0.395 e. The summed E-state index contributed by atoms with van der Waals surface area (Å²) in [5, 5.41) is 9.41. The van der Waals surface area contributed by atoms with Crippen molar-refractivity contribution in [3.05, 3.63) is 59.4 Å². The maximum atomic E-state index is 9.41. The number of rotatable bonds is 4. The monoisotopic (exact) mass is 337 g/mol. The maximum Gasteiger partial charge on any atom is 0.0606 e. The number of aromatic nitrogens is 1. The van der Waals surface area contributed by atoms with Gasteiger partial charge in [0, 0.05) is 36.4 Å². The lowest BCUT2D eigenvalue weighted by atomic mass is 9.74. The molecule has 25 heavy (non-hydrogen) atoms. The number of para-hydroxylation sites is 1. The first-order valence-corrected chi connectivity index (χ1v) is 9.30. The molecule has 4 heteroatoms. The van der Waals surface area contributed by atoms with E-state index in [1.54, 1.807) is 0 Å². The molecule has 1 N–H and O–H groups in total. The van der Waals surface area contributed by atoms with E-state index in [4.69, 9.17) is 0 Å². The molecule has 0 radical (unpaired) electrons. The molecule has 1 saturated heterocycles. The van der Waals surface area contributed by atoms with Crippen LogP contribution in [0.2, 0.25) is 0 Å². The van der Waals surface area contributed by atoms with Crippen molar-refractivity contribution >= 4 is 5.69 Å². The standard InChI is InChI=1S/C21H27N3O/c1-17-5-4-6-18(22-17)15-23-11-9-21(10-12-23)16-24(13-14-25)20-8-3-2-7-19(20)21/h2-8,25H,9-16H2,1H3. The zero-order valence-corrected chi connectivity index (χ0v) is 15.0. The van der Waals surface area contributed by atoms with Crippen LogP contribution in [0.5, 0.6) is 0 Å². The number of benzene rings is 1. The molecule has 0 bridgehead atoms. The summed E-state index contributed by atoms with van der Waals surface area (Å²) in [5.41, 5.74) is 5.32. The molecule has 0 saturated carbocycles. The van der Waals surface area contributed by atoms with Gasteiger partial charge in [-0.05, 0) is 56.6 Å². The van der Waals surface area contributed by atoms with Crippen LogP contribution in [0.25, 0.3) is 0 Å². The number of nitrogens with zero attached hydrogens (tertiary/aromatic N) is 3. The van der Waals surface area contributed by atoms with Gasteiger partial charge < -0.3 is 10.0 Å². The second-order valence-corrected chi connectivity index (χ2v) is 7.49. The van der Waals surface area contributed by atoms with Crippen LogP contribution in [0.4, 0.5) is 5.69 Å². The van der Waals surface area contributed by atoms with Gasteiger partial charge in [-0.15, -0.1) is 0 Å². The Labute approximate surface area is 150 Å². The van der Waals surface area contributed by atoms with Crippen LogP contribution in [-0.4, -0.2) is 47.8 Å². The molecule has 4 rings (SSSR count). The van der Waals surface area contributed by atoms with Crippen molar-refractivity contribution in [3.63, 3.8) is 0 Å². The number of fused-ring (bicyclic) bond motifs is 2. The molecule has 0 unspecified atom stereocenters. The fourth-order valence-corrected chi connectivity index (χ4v) is 4.54. The molecule has 2 aliphatic rings. The van der Waals surface area contributed by atoms with E-state index in [2.05, 4.69) is 64.2 Å². The highest BCUT2D eigenvalue weighted by Gasteiger charge is 2.44. The molecule has 1 spiro atoms. The van der Waals surface area contributed by atoms with E-state index in [1.807, 2.05) is 0 Å². The van der Waals surface area contributed by atoms with Crippen LogP contribution in [0.15, 0.2) is 42.5 Å². The molecule has 1 aromatic carbocycles. The second kappa shape index (κ2) is 6.77. The summed E-state index contributed by atoms with van der Waals surface area (Å²) >= 11 is 0. The van der Waals surface area contributed by atoms with Crippen LogP contribution in [-0.2, 0) is 12.0 Å². The van der Waals surface area contributed by atoms with Crippen LogP contribution >= 0.6 is 0 Å². The number of aliphatic hydroxyl groups is 1. The smallest absolute Gasteiger partial charge is 0.0606 e. The molecule has 4 nitrogen and oxygen atoms in total. The summed E-state index contributed by atoms with van der Waals surface area (Å²) in [7, 11) is 0. The quantitative estimate of drug-likeness (QED) is 0.931. The zero-order chi connectivity index (χ0) is 17.3. The summed E-state index contributed by atoms with van der Waals surface area (Å²) < 4.78 is 0. The van der Waals surface area contributed by atoms with Gasteiger partial charge in [0.15, 0.2) is 0 Å². The molecule has 2 aliphatic heterocycles. The molecular formula is C21H27N3O. The summed E-state index contributed by atoms with van der Waals surface area (Å²) in [4.78, 5) is 9.55. The number of piperidine rings is 1. The molecule has 0 atom stereocenters. The van der Waals surface area contributed by atoms with Crippen LogP contribution in [0, 0.1) is 6.92 Å². The molecule has 0 amide bonds. The minimum atomic E-state index is 0.218. The van der Waals surface area contributed by atoms with Crippen molar-refractivity contribution in [1.82, 2.24) is 9.88 Å². The number of aliphatic hydroxyl groups excluding tert-OH is 1. The van der Waals surface area contributed by atoms with E-state index < -0.39 is 0 Å². The SMILES string of the molecule is Cc1cccc(CN2CCC3(CC2)CN(CCO)c2ccccc23)n1. The van der Waals surface area contributed by atoms with E-state index in [0.29, 0.717) is 0 Å². The normalized spacial score (nSPS) is 19.4. The predicted molar refractivity (Wildman–Crippen MR) is 101 cm³/mol. The number of likely N-dealkylation sites (tertiary alicyclic amines) is 1. The van der Waals surface area contributed by atoms with Crippen LogP contribution < -0.4 is 4.90 Å². The number of aryl methyl sites for hydroxylation is 1. The van der Waals surface area contributed by atoms with Gasteiger partial charge in [0.1, 0.15) is 0 Å². The lowest BCUT2D eigenvalue weighted by Crippen LogP contribution is -2.45. The molecule has 1 aromatic heterocycles. The molecule has 132 valence electrons. The number of β-amino-alcohol motifs (C(OH)–C–C–N with tert-alkyl or cyclic N) is 1. The van der Waals surface area contributed by atoms with Gasteiger partial charge in [-0.2, -0.15) is 0 Å². The van der Waals surface area contributed by atoms with E-state index in [9.17, 15) is 5.11 Å². The first kappa shape index (κ1) is 16.6. The lowest BCUT2D eigenvalue weighted by molar-refractivity contribution is 0.157. The number of hydrogen-bond acceptors (Lipinski definition) is 4. The Bertz CT molecular complexity index is 737. The topological polar surface area (TPSA) is 39.6 Å². The van der Waals surface area contributed by atoms with Gasteiger partial charge in [-0.1, -0.05) is 24.3 Å². The van der Waals surface area contributed by atoms with Crippen LogP contribution in [0.1, 0.15) is 29.8 Å². The molecular weight excluding hydrogens is 310 g/mol. The molecule has 0 aliphatic carbocycles. The van der Waals surface area contributed by atoms with Crippen LogP contribution in [0.3, 0.4) is 0 Å². The number of anilines is 1. The highest BCUT2D eigenvalue weighted by molar-refractivity contribution is 5.62. The number of pyridine rings is 1. The first-order valence-electron chi connectivity index (χ1n) is 9.30. The largest absolute Gasteiger partial charge is 0.395 e. The summed E-state index contributed by atoms with van der Waals surface area (Å²) in [6, 6.07) is 15.1. The predicted octanol–water partition coefficient (Wildman–Crippen LogP) is 2.74. The number of hydrogen-bond donors (Lipinski definition) is 1. The Balaban J connectivity index is 1.48. The summed E-state index contributed by atoms with van der Waals surface area (Å²) in [6.45, 7) is 7.21. The van der Waals surface area contributed by atoms with E-state index in [-0.39, 0.29) is 12.0 Å². The third-order valence-electron chi connectivity index (χ3n) is 5.82. The Kier molecular flexibility index (Phi) is 4.48. The van der Waals surface area contributed by atoms with E-state index in [1.165, 1.54) is 29.8 Å². The van der Waals surface area contributed by atoms with Gasteiger partial charge in [0.2, 0.25) is 0 Å². The Morgan fingerprint density at radius 1 is 1.08 bits per heavy atom. The van der Waals surface area contributed by atoms with Crippen molar-refractivity contribution in [3.8, 4) is 0 Å². The van der Waals surface area contributed by atoms with Gasteiger partial charge in [0.05, 0.1) is 12.3 Å². The third kappa shape index (κ3) is 3.16. The first-order chi connectivity index (χ1) is 12.2. The highest BCUT2D eigenvalue weighted by atomic mass is 16.3. The van der Waals surface area contributed by atoms with Gasteiger partial charge >= 0.3 is 0 Å². The maximum absolute atomic E-state index is 9.41. The lowest BCUT2D eigenvalue weighted by Gasteiger charge is -2.40. The Morgan fingerprint density at radius 2 is 1.88 bits per heavy atom. The van der Waals surface area contributed by atoms with Gasteiger partial charge in [-0.3, -0.25) is 9.88 Å². The minimum absolute atomic E-state index is 0.218. The van der Waals surface area contributed by atoms with Crippen molar-refractivity contribution in [2.45, 2.75) is 31.7 Å². The van der Waals surface area contributed by atoms with Crippen molar-refractivity contribution < 1.29 is 5.11 Å². The highest BCUT2D eigenvalue weighted by Crippen LogP contribution is 2.46. The molecule has 2 aromatic rings. The summed E-state index contributed by atoms with van der Waals surface area (Å²) in [6.07, 6.45) is 2.36. The second-order valence-electron chi connectivity index (χ2n) is 7.49. The summed E-state index contributed by atoms with van der Waals surface area (Å²) in [5.74, 6) is 0.